The molecule has 0 radical (unpaired) electrons. The fraction of sp³-hybridized carbons (Fsp3) is 0.833. The van der Waals surface area contributed by atoms with Crippen molar-refractivity contribution in [3.05, 3.63) is 12.2 Å². The first-order valence-electron chi connectivity index (χ1n) is 8.78. The molecule has 2 N–H and O–H groups in total. The van der Waals surface area contributed by atoms with E-state index in [1.807, 2.05) is 12.2 Å². The van der Waals surface area contributed by atoms with Crippen LogP contribution in [0.4, 0.5) is 0 Å². The molecule has 1 aliphatic rings. The quantitative estimate of drug-likeness (QED) is 0.369. The van der Waals surface area contributed by atoms with Crippen molar-refractivity contribution in [3.8, 4) is 0 Å². The SMILES string of the molecule is CCCCCC(O)C=C[C@H]1CC[C@H](O)[C@H]1CCC(=O)OCC. The van der Waals surface area contributed by atoms with E-state index in [2.05, 4.69) is 6.92 Å². The number of ether oxygens (including phenoxy) is 1. The molecule has 4 heteroatoms. The highest BCUT2D eigenvalue weighted by molar-refractivity contribution is 5.69. The topological polar surface area (TPSA) is 66.8 Å². The van der Waals surface area contributed by atoms with E-state index in [-0.39, 0.29) is 23.9 Å². The molecule has 1 aliphatic carbocycles. The summed E-state index contributed by atoms with van der Waals surface area (Å²) in [4.78, 5) is 11.5. The average molecular weight is 312 g/mol. The Bertz CT molecular complexity index is 340. The fourth-order valence-electron chi connectivity index (χ4n) is 3.21. The minimum Gasteiger partial charge on any atom is -0.466 e. The number of hydrogen-bond donors (Lipinski definition) is 2. The van der Waals surface area contributed by atoms with Crippen LogP contribution in [0.2, 0.25) is 0 Å². The van der Waals surface area contributed by atoms with Gasteiger partial charge in [0, 0.05) is 6.42 Å². The zero-order chi connectivity index (χ0) is 16.4. The van der Waals surface area contributed by atoms with Crippen LogP contribution in [0.5, 0.6) is 0 Å². The fourth-order valence-corrected chi connectivity index (χ4v) is 3.21. The van der Waals surface area contributed by atoms with Crippen LogP contribution in [-0.4, -0.2) is 35.0 Å². The zero-order valence-corrected chi connectivity index (χ0v) is 14.0. The first-order chi connectivity index (χ1) is 10.6. The standard InChI is InChI=1S/C18H32O4/c1-3-5-6-7-15(19)10-8-14-9-12-17(20)16(14)11-13-18(21)22-4-2/h8,10,14-17,19-20H,3-7,9,11-13H2,1-2H3/t14-,15?,16-,17-/m0/s1. The van der Waals surface area contributed by atoms with E-state index < -0.39 is 6.10 Å². The molecule has 0 saturated heterocycles. The van der Waals surface area contributed by atoms with Gasteiger partial charge in [-0.15, -0.1) is 0 Å². The predicted molar refractivity (Wildman–Crippen MR) is 87.4 cm³/mol. The maximum Gasteiger partial charge on any atom is 0.305 e. The Balaban J connectivity index is 2.41. The van der Waals surface area contributed by atoms with Gasteiger partial charge in [-0.1, -0.05) is 38.3 Å². The number of carbonyl (C=O) groups excluding carboxylic acids is 1. The largest absolute Gasteiger partial charge is 0.466 e. The molecule has 4 atom stereocenters. The Labute approximate surface area is 134 Å². The smallest absolute Gasteiger partial charge is 0.305 e. The number of hydrogen-bond acceptors (Lipinski definition) is 4. The summed E-state index contributed by atoms with van der Waals surface area (Å²) in [5.41, 5.74) is 0. The highest BCUT2D eigenvalue weighted by Crippen LogP contribution is 2.36. The lowest BCUT2D eigenvalue weighted by atomic mass is 9.89. The normalized spacial score (nSPS) is 26.5. The molecule has 1 fully saturated rings. The Kier molecular flexibility index (Phi) is 9.41. The van der Waals surface area contributed by atoms with E-state index in [9.17, 15) is 15.0 Å². The lowest BCUT2D eigenvalue weighted by molar-refractivity contribution is -0.143. The number of esters is 1. The first-order valence-corrected chi connectivity index (χ1v) is 8.78. The number of carbonyl (C=O) groups is 1. The van der Waals surface area contributed by atoms with Gasteiger partial charge in [-0.3, -0.25) is 4.79 Å². The first kappa shape index (κ1) is 19.2. The van der Waals surface area contributed by atoms with E-state index in [1.54, 1.807) is 6.92 Å². The van der Waals surface area contributed by atoms with E-state index in [1.165, 1.54) is 0 Å². The maximum atomic E-state index is 11.5. The highest BCUT2D eigenvalue weighted by atomic mass is 16.5. The molecular formula is C18H32O4. The molecule has 0 aromatic carbocycles. The van der Waals surface area contributed by atoms with Gasteiger partial charge >= 0.3 is 5.97 Å². The summed E-state index contributed by atoms with van der Waals surface area (Å²) < 4.78 is 4.95. The average Bonchev–Trinajstić information content (AvgIpc) is 2.84. The van der Waals surface area contributed by atoms with Crippen molar-refractivity contribution in [2.45, 2.75) is 77.4 Å². The van der Waals surface area contributed by atoms with E-state index in [0.717, 1.165) is 38.5 Å². The van der Waals surface area contributed by atoms with Gasteiger partial charge in [-0.25, -0.2) is 0 Å². The number of allylic oxidation sites excluding steroid dienone is 1. The van der Waals surface area contributed by atoms with Crippen molar-refractivity contribution >= 4 is 5.97 Å². The third kappa shape index (κ3) is 6.93. The van der Waals surface area contributed by atoms with Crippen LogP contribution >= 0.6 is 0 Å². The van der Waals surface area contributed by atoms with Crippen LogP contribution in [-0.2, 0) is 9.53 Å². The van der Waals surface area contributed by atoms with Crippen LogP contribution in [0, 0.1) is 11.8 Å². The van der Waals surface area contributed by atoms with Gasteiger partial charge in [0.15, 0.2) is 0 Å². The van der Waals surface area contributed by atoms with Crippen molar-refractivity contribution in [2.75, 3.05) is 6.61 Å². The van der Waals surface area contributed by atoms with Gasteiger partial charge in [0.25, 0.3) is 0 Å². The van der Waals surface area contributed by atoms with Crippen molar-refractivity contribution in [1.29, 1.82) is 0 Å². The second-order valence-electron chi connectivity index (χ2n) is 6.26. The summed E-state index contributed by atoms with van der Waals surface area (Å²) in [6, 6.07) is 0. The summed E-state index contributed by atoms with van der Waals surface area (Å²) in [5.74, 6) is 0.165. The molecule has 22 heavy (non-hydrogen) atoms. The third-order valence-corrected chi connectivity index (χ3v) is 4.51. The van der Waals surface area contributed by atoms with Crippen molar-refractivity contribution in [3.63, 3.8) is 0 Å². The van der Waals surface area contributed by atoms with E-state index >= 15 is 0 Å². The van der Waals surface area contributed by atoms with Gasteiger partial charge in [0.2, 0.25) is 0 Å². The Morgan fingerprint density at radius 2 is 2.09 bits per heavy atom. The van der Waals surface area contributed by atoms with Crippen molar-refractivity contribution in [1.82, 2.24) is 0 Å². The van der Waals surface area contributed by atoms with Crippen LogP contribution in [0.25, 0.3) is 0 Å². The molecule has 0 aromatic heterocycles. The molecule has 0 aliphatic heterocycles. The van der Waals surface area contributed by atoms with E-state index in [4.69, 9.17) is 4.74 Å². The summed E-state index contributed by atoms with van der Waals surface area (Å²) in [6.07, 6.45) is 10.0. The maximum absolute atomic E-state index is 11.5. The van der Waals surface area contributed by atoms with Gasteiger partial charge in [-0.2, -0.15) is 0 Å². The Morgan fingerprint density at radius 1 is 1.32 bits per heavy atom. The molecule has 0 spiro atoms. The molecule has 0 aromatic rings. The Morgan fingerprint density at radius 3 is 2.77 bits per heavy atom. The number of rotatable bonds is 10. The summed E-state index contributed by atoms with van der Waals surface area (Å²) in [7, 11) is 0. The molecule has 1 rings (SSSR count). The number of unbranched alkanes of at least 4 members (excludes halogenated alkanes) is 2. The minimum absolute atomic E-state index is 0.100. The monoisotopic (exact) mass is 312 g/mol. The van der Waals surface area contributed by atoms with Gasteiger partial charge in [0.1, 0.15) is 0 Å². The second kappa shape index (κ2) is 10.8. The van der Waals surface area contributed by atoms with Crippen LogP contribution in [0.15, 0.2) is 12.2 Å². The van der Waals surface area contributed by atoms with Crippen LogP contribution in [0.3, 0.4) is 0 Å². The minimum atomic E-state index is -0.394. The van der Waals surface area contributed by atoms with Gasteiger partial charge in [0.05, 0.1) is 18.8 Å². The molecular weight excluding hydrogens is 280 g/mol. The number of aliphatic hydroxyl groups excluding tert-OH is 2. The summed E-state index contributed by atoms with van der Waals surface area (Å²) in [6.45, 7) is 4.35. The Hall–Kier alpha value is -0.870. The molecule has 1 saturated carbocycles. The predicted octanol–water partition coefficient (Wildman–Crippen LogP) is 3.21. The van der Waals surface area contributed by atoms with Crippen molar-refractivity contribution < 1.29 is 19.7 Å². The summed E-state index contributed by atoms with van der Waals surface area (Å²) in [5, 5.41) is 20.0. The van der Waals surface area contributed by atoms with E-state index in [0.29, 0.717) is 19.4 Å². The summed E-state index contributed by atoms with van der Waals surface area (Å²) >= 11 is 0. The highest BCUT2D eigenvalue weighted by Gasteiger charge is 2.33. The van der Waals surface area contributed by atoms with Gasteiger partial charge in [-0.05, 0) is 44.4 Å². The molecule has 0 bridgehead atoms. The number of aliphatic hydroxyl groups is 2. The zero-order valence-electron chi connectivity index (χ0n) is 14.0. The molecule has 0 heterocycles. The second-order valence-corrected chi connectivity index (χ2v) is 6.26. The third-order valence-electron chi connectivity index (χ3n) is 4.51. The lowest BCUT2D eigenvalue weighted by Gasteiger charge is -2.19. The molecule has 1 unspecified atom stereocenters. The molecule has 0 amide bonds. The lowest BCUT2D eigenvalue weighted by Crippen LogP contribution is -2.20. The van der Waals surface area contributed by atoms with Crippen molar-refractivity contribution in [2.24, 2.45) is 11.8 Å². The van der Waals surface area contributed by atoms with Crippen LogP contribution in [0.1, 0.15) is 65.2 Å². The molecule has 128 valence electrons. The van der Waals surface area contributed by atoms with Gasteiger partial charge < -0.3 is 14.9 Å². The van der Waals surface area contributed by atoms with Crippen LogP contribution < -0.4 is 0 Å². The molecule has 4 nitrogen and oxygen atoms in total.